The van der Waals surface area contributed by atoms with Crippen LogP contribution in [0.4, 0.5) is 0 Å². The van der Waals surface area contributed by atoms with E-state index in [1.807, 2.05) is 0 Å². The van der Waals surface area contributed by atoms with Gasteiger partial charge in [-0.1, -0.05) is 13.3 Å². The zero-order valence-corrected chi connectivity index (χ0v) is 9.04. The van der Waals surface area contributed by atoms with E-state index in [9.17, 15) is 0 Å². The predicted molar refractivity (Wildman–Crippen MR) is 56.1 cm³/mol. The molecule has 0 radical (unpaired) electrons. The molecule has 0 bridgehead atoms. The van der Waals surface area contributed by atoms with Crippen LogP contribution in [0.2, 0.25) is 0 Å². The van der Waals surface area contributed by atoms with Crippen LogP contribution in [-0.4, -0.2) is 25.3 Å². The van der Waals surface area contributed by atoms with Crippen LogP contribution >= 0.6 is 0 Å². The average Bonchev–Trinajstić information content (AvgIpc) is 2.64. The van der Waals surface area contributed by atoms with Gasteiger partial charge >= 0.3 is 0 Å². The Hall–Kier alpha value is -0.0800. The molecule has 0 aromatic heterocycles. The van der Waals surface area contributed by atoms with E-state index in [1.165, 1.54) is 25.7 Å². The molecule has 2 saturated carbocycles. The van der Waals surface area contributed by atoms with Gasteiger partial charge in [-0.2, -0.15) is 0 Å². The number of ether oxygens (including phenoxy) is 1. The van der Waals surface area contributed by atoms with Crippen LogP contribution in [0, 0.1) is 17.8 Å². The van der Waals surface area contributed by atoms with Crippen LogP contribution in [-0.2, 0) is 4.74 Å². The van der Waals surface area contributed by atoms with E-state index in [0.717, 1.165) is 37.1 Å². The van der Waals surface area contributed by atoms with Crippen molar-refractivity contribution in [1.82, 2.24) is 5.32 Å². The summed E-state index contributed by atoms with van der Waals surface area (Å²) in [6.07, 6.45) is 5.67. The summed E-state index contributed by atoms with van der Waals surface area (Å²) in [5, 5.41) is 3.86. The summed E-state index contributed by atoms with van der Waals surface area (Å²) in [4.78, 5) is 0. The summed E-state index contributed by atoms with van der Waals surface area (Å²) in [6.45, 7) is 4.23. The van der Waals surface area contributed by atoms with Gasteiger partial charge in [0.15, 0.2) is 0 Å². The smallest absolute Gasteiger partial charge is 0.0506 e. The van der Waals surface area contributed by atoms with Crippen LogP contribution in [0.3, 0.4) is 0 Å². The van der Waals surface area contributed by atoms with Crippen molar-refractivity contribution < 1.29 is 4.74 Å². The molecular weight excluding hydrogens is 174 g/mol. The first kappa shape index (κ1) is 9.17. The number of hydrogen-bond donors (Lipinski definition) is 1. The van der Waals surface area contributed by atoms with Crippen molar-refractivity contribution in [1.29, 1.82) is 0 Å². The van der Waals surface area contributed by atoms with E-state index in [4.69, 9.17) is 4.74 Å². The summed E-state index contributed by atoms with van der Waals surface area (Å²) in [6, 6.07) is 1.62. The van der Waals surface area contributed by atoms with Gasteiger partial charge in [0.2, 0.25) is 0 Å². The molecule has 3 rings (SSSR count). The van der Waals surface area contributed by atoms with E-state index in [0.29, 0.717) is 5.92 Å². The van der Waals surface area contributed by atoms with Crippen LogP contribution in [0.15, 0.2) is 0 Å². The molecule has 1 N–H and O–H groups in total. The average molecular weight is 195 g/mol. The lowest BCUT2D eigenvalue weighted by Gasteiger charge is -2.30. The molecule has 1 saturated heterocycles. The molecule has 2 nitrogen and oxygen atoms in total. The highest BCUT2D eigenvalue weighted by atomic mass is 16.5. The number of rotatable bonds is 2. The Balaban J connectivity index is 1.52. The Morgan fingerprint density at radius 1 is 1.14 bits per heavy atom. The van der Waals surface area contributed by atoms with Crippen LogP contribution in [0.1, 0.15) is 32.6 Å². The predicted octanol–water partition coefficient (Wildman–Crippen LogP) is 1.80. The third-order valence-electron chi connectivity index (χ3n) is 4.45. The fraction of sp³-hybridized carbons (Fsp3) is 1.00. The highest BCUT2D eigenvalue weighted by Crippen LogP contribution is 2.52. The topological polar surface area (TPSA) is 21.3 Å². The van der Waals surface area contributed by atoms with Crippen molar-refractivity contribution in [3.8, 4) is 0 Å². The van der Waals surface area contributed by atoms with Crippen molar-refractivity contribution in [2.75, 3.05) is 13.2 Å². The Morgan fingerprint density at radius 3 is 2.64 bits per heavy atom. The minimum atomic E-state index is 0.713. The van der Waals surface area contributed by atoms with Gasteiger partial charge in [0.05, 0.1) is 6.61 Å². The molecule has 2 aliphatic carbocycles. The Labute approximate surface area is 86.4 Å². The molecular formula is C12H21NO. The lowest BCUT2D eigenvalue weighted by molar-refractivity contribution is 0.0377. The lowest BCUT2D eigenvalue weighted by atomic mass is 9.97. The normalized spacial score (nSPS) is 51.6. The first-order valence-electron chi connectivity index (χ1n) is 6.20. The number of fused-ring (bicyclic) bond motifs is 1. The number of nitrogens with one attached hydrogen (secondary N) is 1. The second kappa shape index (κ2) is 3.49. The van der Waals surface area contributed by atoms with Gasteiger partial charge in [-0.15, -0.1) is 0 Å². The molecule has 4 unspecified atom stereocenters. The molecule has 3 aliphatic rings. The molecule has 14 heavy (non-hydrogen) atoms. The monoisotopic (exact) mass is 195 g/mol. The van der Waals surface area contributed by atoms with Crippen LogP contribution in [0.25, 0.3) is 0 Å². The standard InChI is InChI=1S/C12H21NO/c1-8-7-14-6-5-11(8)13-12-9-3-2-4-10(9)12/h8-13H,2-7H2,1H3. The molecule has 3 fully saturated rings. The second-order valence-electron chi connectivity index (χ2n) is 5.40. The molecule has 0 spiro atoms. The van der Waals surface area contributed by atoms with Gasteiger partial charge in [-0.3, -0.25) is 0 Å². The van der Waals surface area contributed by atoms with E-state index < -0.39 is 0 Å². The quantitative estimate of drug-likeness (QED) is 0.725. The summed E-state index contributed by atoms with van der Waals surface area (Å²) in [7, 11) is 0. The Kier molecular flexibility index (Phi) is 2.29. The molecule has 0 amide bonds. The number of hydrogen-bond acceptors (Lipinski definition) is 2. The SMILES string of the molecule is CC1COCCC1NC1C2CCCC21. The maximum absolute atomic E-state index is 5.47. The lowest BCUT2D eigenvalue weighted by Crippen LogP contribution is -2.43. The second-order valence-corrected chi connectivity index (χ2v) is 5.40. The first-order chi connectivity index (χ1) is 6.86. The maximum Gasteiger partial charge on any atom is 0.0506 e. The zero-order chi connectivity index (χ0) is 9.54. The van der Waals surface area contributed by atoms with Crippen molar-refractivity contribution >= 4 is 0 Å². The van der Waals surface area contributed by atoms with Gasteiger partial charge in [0.25, 0.3) is 0 Å². The minimum Gasteiger partial charge on any atom is -0.381 e. The van der Waals surface area contributed by atoms with Crippen LogP contribution in [0.5, 0.6) is 0 Å². The highest BCUT2D eigenvalue weighted by molar-refractivity contribution is 5.07. The Bertz CT molecular complexity index is 208. The van der Waals surface area contributed by atoms with Crippen molar-refractivity contribution in [2.45, 2.75) is 44.7 Å². The van der Waals surface area contributed by atoms with Gasteiger partial charge in [-0.05, 0) is 37.0 Å². The summed E-state index contributed by atoms with van der Waals surface area (Å²) in [5.74, 6) is 2.81. The molecule has 4 atom stereocenters. The maximum atomic E-state index is 5.47. The van der Waals surface area contributed by atoms with E-state index >= 15 is 0 Å². The molecule has 0 aromatic rings. The van der Waals surface area contributed by atoms with Crippen molar-refractivity contribution in [3.05, 3.63) is 0 Å². The Morgan fingerprint density at radius 2 is 1.93 bits per heavy atom. The van der Waals surface area contributed by atoms with Gasteiger partial charge in [0.1, 0.15) is 0 Å². The summed E-state index contributed by atoms with van der Waals surface area (Å²) >= 11 is 0. The van der Waals surface area contributed by atoms with E-state index in [2.05, 4.69) is 12.2 Å². The van der Waals surface area contributed by atoms with Crippen molar-refractivity contribution in [3.63, 3.8) is 0 Å². The highest BCUT2D eigenvalue weighted by Gasteiger charge is 2.53. The molecule has 80 valence electrons. The van der Waals surface area contributed by atoms with Crippen LogP contribution < -0.4 is 5.32 Å². The fourth-order valence-electron chi connectivity index (χ4n) is 3.44. The first-order valence-corrected chi connectivity index (χ1v) is 6.20. The van der Waals surface area contributed by atoms with Gasteiger partial charge < -0.3 is 10.1 Å². The van der Waals surface area contributed by atoms with E-state index in [1.54, 1.807) is 0 Å². The summed E-state index contributed by atoms with van der Waals surface area (Å²) < 4.78 is 5.47. The summed E-state index contributed by atoms with van der Waals surface area (Å²) in [5.41, 5.74) is 0. The molecule has 0 aromatic carbocycles. The fourth-order valence-corrected chi connectivity index (χ4v) is 3.44. The zero-order valence-electron chi connectivity index (χ0n) is 9.04. The third-order valence-corrected chi connectivity index (χ3v) is 4.45. The minimum absolute atomic E-state index is 0.713. The third kappa shape index (κ3) is 1.49. The van der Waals surface area contributed by atoms with Crippen molar-refractivity contribution in [2.24, 2.45) is 17.8 Å². The van der Waals surface area contributed by atoms with E-state index in [-0.39, 0.29) is 0 Å². The molecule has 1 heterocycles. The largest absolute Gasteiger partial charge is 0.381 e. The molecule has 1 aliphatic heterocycles. The van der Waals surface area contributed by atoms with Gasteiger partial charge in [0, 0.05) is 18.7 Å². The molecule has 2 heteroatoms. The van der Waals surface area contributed by atoms with Gasteiger partial charge in [-0.25, -0.2) is 0 Å².